The van der Waals surface area contributed by atoms with Gasteiger partial charge in [-0.15, -0.1) is 0 Å². The lowest BCUT2D eigenvalue weighted by Gasteiger charge is -2.01. The topological polar surface area (TPSA) is 76.7 Å². The number of rotatable bonds is 1. The third-order valence-electron chi connectivity index (χ3n) is 2.97. The van der Waals surface area contributed by atoms with Gasteiger partial charge in [0.1, 0.15) is 5.82 Å². The van der Waals surface area contributed by atoms with Crippen LogP contribution in [-0.2, 0) is 7.05 Å². The molecule has 0 radical (unpaired) electrons. The van der Waals surface area contributed by atoms with Crippen molar-refractivity contribution in [3.8, 4) is 11.4 Å². The van der Waals surface area contributed by atoms with Crippen molar-refractivity contribution in [1.82, 2.24) is 14.5 Å². The largest absolute Gasteiger partial charge is 0.399 e. The van der Waals surface area contributed by atoms with E-state index in [0.717, 1.165) is 11.0 Å². The van der Waals surface area contributed by atoms with Gasteiger partial charge >= 0.3 is 0 Å². The van der Waals surface area contributed by atoms with E-state index < -0.39 is 0 Å². The Morgan fingerprint density at radius 1 is 1.33 bits per heavy atom. The van der Waals surface area contributed by atoms with Crippen molar-refractivity contribution < 1.29 is 0 Å². The summed E-state index contributed by atoms with van der Waals surface area (Å²) in [6, 6.07) is 6.99. The lowest BCUT2D eigenvalue weighted by atomic mass is 10.2. The number of fused-ring (bicyclic) bond motifs is 1. The Morgan fingerprint density at radius 3 is 2.94 bits per heavy atom. The Morgan fingerprint density at radius 2 is 2.17 bits per heavy atom. The second kappa shape index (κ2) is 3.73. The van der Waals surface area contributed by atoms with Crippen molar-refractivity contribution in [1.29, 1.82) is 0 Å². The second-order valence-corrected chi connectivity index (χ2v) is 4.16. The number of anilines is 1. The number of aromatic amines is 1. The molecule has 2 aromatic heterocycles. The molecule has 0 spiro atoms. The molecule has 3 N–H and O–H groups in total. The SMILES string of the molecule is Cn1c(-c2c[nH]ccc2=O)nc2ccc(N)cc21. The van der Waals surface area contributed by atoms with Crippen LogP contribution in [0.3, 0.4) is 0 Å². The zero-order valence-electron chi connectivity index (χ0n) is 9.84. The van der Waals surface area contributed by atoms with E-state index in [2.05, 4.69) is 9.97 Å². The fraction of sp³-hybridized carbons (Fsp3) is 0.0769. The fourth-order valence-electron chi connectivity index (χ4n) is 2.04. The van der Waals surface area contributed by atoms with Crippen LogP contribution in [0.4, 0.5) is 5.69 Å². The molecule has 0 aliphatic heterocycles. The van der Waals surface area contributed by atoms with Crippen molar-refractivity contribution in [3.05, 3.63) is 46.9 Å². The summed E-state index contributed by atoms with van der Waals surface area (Å²) in [4.78, 5) is 19.2. The highest BCUT2D eigenvalue weighted by molar-refractivity contribution is 5.83. The molecule has 5 heteroatoms. The Labute approximate surface area is 103 Å². The first kappa shape index (κ1) is 10.6. The average Bonchev–Trinajstić information content (AvgIpc) is 2.68. The number of imidazole rings is 1. The number of benzene rings is 1. The molecule has 0 unspecified atom stereocenters. The van der Waals surface area contributed by atoms with Crippen molar-refractivity contribution in [2.24, 2.45) is 7.05 Å². The third-order valence-corrected chi connectivity index (χ3v) is 2.97. The lowest BCUT2D eigenvalue weighted by molar-refractivity contribution is 0.956. The van der Waals surface area contributed by atoms with Gasteiger partial charge in [0.25, 0.3) is 0 Å². The quantitative estimate of drug-likeness (QED) is 0.633. The van der Waals surface area contributed by atoms with Gasteiger partial charge < -0.3 is 15.3 Å². The Kier molecular flexibility index (Phi) is 2.19. The number of nitrogens with two attached hydrogens (primary N) is 1. The molecule has 0 aliphatic rings. The van der Waals surface area contributed by atoms with Crippen LogP contribution >= 0.6 is 0 Å². The second-order valence-electron chi connectivity index (χ2n) is 4.16. The molecule has 0 saturated carbocycles. The van der Waals surface area contributed by atoms with E-state index >= 15 is 0 Å². The van der Waals surface area contributed by atoms with E-state index in [0.29, 0.717) is 17.1 Å². The Hall–Kier alpha value is -2.56. The van der Waals surface area contributed by atoms with Gasteiger partial charge in [-0.3, -0.25) is 4.79 Å². The smallest absolute Gasteiger partial charge is 0.192 e. The van der Waals surface area contributed by atoms with E-state index in [1.54, 1.807) is 18.5 Å². The van der Waals surface area contributed by atoms with Crippen LogP contribution < -0.4 is 11.2 Å². The summed E-state index contributed by atoms with van der Waals surface area (Å²) in [7, 11) is 1.87. The lowest BCUT2D eigenvalue weighted by Crippen LogP contribution is -2.06. The zero-order valence-corrected chi connectivity index (χ0v) is 9.84. The first-order valence-electron chi connectivity index (χ1n) is 5.56. The van der Waals surface area contributed by atoms with E-state index in [-0.39, 0.29) is 5.43 Å². The standard InChI is InChI=1S/C13H12N4O/c1-17-11-6-8(14)2-3-10(11)16-13(17)9-7-15-5-4-12(9)18/h2-7H,14H2,1H3,(H,15,18). The van der Waals surface area contributed by atoms with Crippen molar-refractivity contribution >= 4 is 16.7 Å². The summed E-state index contributed by atoms with van der Waals surface area (Å²) in [5.41, 5.74) is 8.67. The third kappa shape index (κ3) is 1.48. The van der Waals surface area contributed by atoms with Gasteiger partial charge in [0.15, 0.2) is 5.43 Å². The molecule has 3 aromatic rings. The molecule has 0 amide bonds. The molecular formula is C13H12N4O. The minimum absolute atomic E-state index is 0.0554. The molecule has 0 aliphatic carbocycles. The highest BCUT2D eigenvalue weighted by Crippen LogP contribution is 2.22. The minimum Gasteiger partial charge on any atom is -0.399 e. The normalized spacial score (nSPS) is 10.9. The molecule has 5 nitrogen and oxygen atoms in total. The fourth-order valence-corrected chi connectivity index (χ4v) is 2.04. The molecule has 0 atom stereocenters. The Balaban J connectivity index is 2.34. The number of aromatic nitrogens is 3. The van der Waals surface area contributed by atoms with Crippen LogP contribution in [0.1, 0.15) is 0 Å². The number of pyridine rings is 1. The average molecular weight is 240 g/mol. The van der Waals surface area contributed by atoms with E-state index in [9.17, 15) is 4.79 Å². The molecule has 0 saturated heterocycles. The monoisotopic (exact) mass is 240 g/mol. The number of nitrogen functional groups attached to an aromatic ring is 1. The number of nitrogens with one attached hydrogen (secondary N) is 1. The molecule has 1 aromatic carbocycles. The van der Waals surface area contributed by atoms with Gasteiger partial charge in [-0.05, 0) is 18.2 Å². The summed E-state index contributed by atoms with van der Waals surface area (Å²) in [6.45, 7) is 0. The highest BCUT2D eigenvalue weighted by atomic mass is 16.1. The first-order chi connectivity index (χ1) is 8.66. The molecule has 18 heavy (non-hydrogen) atoms. The summed E-state index contributed by atoms with van der Waals surface area (Å²) in [6.07, 6.45) is 3.26. The van der Waals surface area contributed by atoms with Crippen molar-refractivity contribution in [3.63, 3.8) is 0 Å². The molecule has 0 fully saturated rings. The van der Waals surface area contributed by atoms with Gasteiger partial charge in [0.05, 0.1) is 16.6 Å². The van der Waals surface area contributed by atoms with E-state index in [1.165, 1.54) is 6.07 Å². The maximum Gasteiger partial charge on any atom is 0.192 e. The van der Waals surface area contributed by atoms with Crippen LogP contribution in [0, 0.1) is 0 Å². The summed E-state index contributed by atoms with van der Waals surface area (Å²) >= 11 is 0. The van der Waals surface area contributed by atoms with Gasteiger partial charge in [-0.1, -0.05) is 0 Å². The molecular weight excluding hydrogens is 228 g/mol. The maximum atomic E-state index is 11.8. The molecule has 90 valence electrons. The highest BCUT2D eigenvalue weighted by Gasteiger charge is 2.12. The Bertz CT molecular complexity index is 785. The predicted octanol–water partition coefficient (Wildman–Crippen LogP) is 1.51. The van der Waals surface area contributed by atoms with Crippen LogP contribution in [0.5, 0.6) is 0 Å². The van der Waals surface area contributed by atoms with Crippen molar-refractivity contribution in [2.75, 3.05) is 5.73 Å². The van der Waals surface area contributed by atoms with Crippen LogP contribution in [0.2, 0.25) is 0 Å². The molecule has 2 heterocycles. The van der Waals surface area contributed by atoms with Gasteiger partial charge in [-0.25, -0.2) is 4.98 Å². The molecule has 3 rings (SSSR count). The minimum atomic E-state index is -0.0554. The summed E-state index contributed by atoms with van der Waals surface area (Å²) < 4.78 is 1.87. The molecule has 0 bridgehead atoms. The predicted molar refractivity (Wildman–Crippen MR) is 71.2 cm³/mol. The first-order valence-corrected chi connectivity index (χ1v) is 5.56. The number of nitrogens with zero attached hydrogens (tertiary/aromatic N) is 2. The number of H-pyrrole nitrogens is 1. The van der Waals surface area contributed by atoms with Gasteiger partial charge in [-0.2, -0.15) is 0 Å². The van der Waals surface area contributed by atoms with Crippen molar-refractivity contribution in [2.45, 2.75) is 0 Å². The number of aryl methyl sites for hydroxylation is 1. The maximum absolute atomic E-state index is 11.8. The van der Waals surface area contributed by atoms with Crippen LogP contribution in [0.15, 0.2) is 41.5 Å². The van der Waals surface area contributed by atoms with E-state index in [1.807, 2.05) is 23.7 Å². The number of hydrogen-bond donors (Lipinski definition) is 2. The zero-order chi connectivity index (χ0) is 12.7. The van der Waals surface area contributed by atoms with E-state index in [4.69, 9.17) is 5.73 Å². The number of hydrogen-bond acceptors (Lipinski definition) is 3. The van der Waals surface area contributed by atoms with Crippen LogP contribution in [-0.4, -0.2) is 14.5 Å². The van der Waals surface area contributed by atoms with Gasteiger partial charge in [0.2, 0.25) is 0 Å². The van der Waals surface area contributed by atoms with Crippen LogP contribution in [0.25, 0.3) is 22.4 Å². The summed E-state index contributed by atoms with van der Waals surface area (Å²) in [5.74, 6) is 0.637. The summed E-state index contributed by atoms with van der Waals surface area (Å²) in [5, 5.41) is 0. The van der Waals surface area contributed by atoms with Gasteiger partial charge in [0, 0.05) is 31.2 Å².